The molecule has 0 bridgehead atoms. The van der Waals surface area contributed by atoms with Gasteiger partial charge in [0.25, 0.3) is 0 Å². The summed E-state index contributed by atoms with van der Waals surface area (Å²) in [4.78, 5) is 0. The van der Waals surface area contributed by atoms with E-state index in [2.05, 4.69) is 29.5 Å². The lowest BCUT2D eigenvalue weighted by atomic mass is 10.1. The molecular formula is C15H21N3O. The van der Waals surface area contributed by atoms with Crippen LogP contribution < -0.4 is 10.1 Å². The lowest BCUT2D eigenvalue weighted by Crippen LogP contribution is -2.12. The fourth-order valence-corrected chi connectivity index (χ4v) is 2.06. The summed E-state index contributed by atoms with van der Waals surface area (Å²) in [6, 6.07) is 8.31. The van der Waals surface area contributed by atoms with Crippen molar-refractivity contribution >= 4 is 0 Å². The highest BCUT2D eigenvalue weighted by Gasteiger charge is 2.06. The van der Waals surface area contributed by atoms with Gasteiger partial charge in [-0.25, -0.2) is 0 Å². The Kier molecular flexibility index (Phi) is 4.58. The Morgan fingerprint density at radius 1 is 1.32 bits per heavy atom. The van der Waals surface area contributed by atoms with Gasteiger partial charge in [0.1, 0.15) is 5.75 Å². The van der Waals surface area contributed by atoms with Gasteiger partial charge in [0, 0.05) is 18.3 Å². The molecule has 2 aromatic rings. The maximum absolute atomic E-state index is 5.42. The molecule has 1 aromatic heterocycles. The SMILES string of the molecule is CCNCc1ccc(OC)c(Cn2ccc(C)n2)c1. The Morgan fingerprint density at radius 3 is 2.79 bits per heavy atom. The molecule has 4 nitrogen and oxygen atoms in total. The monoisotopic (exact) mass is 259 g/mol. The van der Waals surface area contributed by atoms with E-state index in [4.69, 9.17) is 4.74 Å². The number of hydrogen-bond acceptors (Lipinski definition) is 3. The van der Waals surface area contributed by atoms with E-state index in [0.29, 0.717) is 0 Å². The van der Waals surface area contributed by atoms with Crippen LogP contribution >= 0.6 is 0 Å². The largest absolute Gasteiger partial charge is 0.496 e. The van der Waals surface area contributed by atoms with Gasteiger partial charge in [-0.3, -0.25) is 4.68 Å². The van der Waals surface area contributed by atoms with E-state index in [0.717, 1.165) is 36.6 Å². The first kappa shape index (κ1) is 13.6. The molecule has 0 amide bonds. The van der Waals surface area contributed by atoms with Crippen molar-refractivity contribution in [1.29, 1.82) is 0 Å². The van der Waals surface area contributed by atoms with Crippen LogP contribution in [0.1, 0.15) is 23.7 Å². The Hall–Kier alpha value is -1.81. The van der Waals surface area contributed by atoms with E-state index in [1.54, 1.807) is 7.11 Å². The Morgan fingerprint density at radius 2 is 2.16 bits per heavy atom. The van der Waals surface area contributed by atoms with Crippen LogP contribution in [-0.2, 0) is 13.1 Å². The van der Waals surface area contributed by atoms with Crippen molar-refractivity contribution in [1.82, 2.24) is 15.1 Å². The van der Waals surface area contributed by atoms with Crippen LogP contribution in [0, 0.1) is 6.92 Å². The molecule has 0 saturated heterocycles. The molecule has 19 heavy (non-hydrogen) atoms. The second-order valence-electron chi connectivity index (χ2n) is 4.58. The zero-order chi connectivity index (χ0) is 13.7. The summed E-state index contributed by atoms with van der Waals surface area (Å²) in [5.41, 5.74) is 3.45. The normalized spacial score (nSPS) is 10.7. The molecule has 102 valence electrons. The lowest BCUT2D eigenvalue weighted by molar-refractivity contribution is 0.407. The first-order valence-electron chi connectivity index (χ1n) is 6.59. The predicted octanol–water partition coefficient (Wildman–Crippen LogP) is 2.36. The number of aromatic nitrogens is 2. The van der Waals surface area contributed by atoms with E-state index in [1.165, 1.54) is 5.56 Å². The van der Waals surface area contributed by atoms with Crippen LogP contribution in [0.15, 0.2) is 30.5 Å². The third-order valence-electron chi connectivity index (χ3n) is 3.03. The smallest absolute Gasteiger partial charge is 0.123 e. The minimum absolute atomic E-state index is 0.733. The maximum atomic E-state index is 5.42. The standard InChI is InChI=1S/C15H21N3O/c1-4-16-10-13-5-6-15(19-3)14(9-13)11-18-8-7-12(2)17-18/h5-9,16H,4,10-11H2,1-3H3. The van der Waals surface area contributed by atoms with Crippen molar-refractivity contribution < 1.29 is 4.74 Å². The molecule has 4 heteroatoms. The summed E-state index contributed by atoms with van der Waals surface area (Å²) >= 11 is 0. The fraction of sp³-hybridized carbons (Fsp3) is 0.400. The molecule has 0 spiro atoms. The van der Waals surface area contributed by atoms with Crippen molar-refractivity contribution in [2.75, 3.05) is 13.7 Å². The molecule has 1 N–H and O–H groups in total. The first-order valence-corrected chi connectivity index (χ1v) is 6.59. The number of rotatable bonds is 6. The van der Waals surface area contributed by atoms with E-state index in [9.17, 15) is 0 Å². The van der Waals surface area contributed by atoms with Gasteiger partial charge in [0.15, 0.2) is 0 Å². The highest BCUT2D eigenvalue weighted by atomic mass is 16.5. The number of hydrogen-bond donors (Lipinski definition) is 1. The molecule has 0 unspecified atom stereocenters. The Balaban J connectivity index is 2.20. The number of ether oxygens (including phenoxy) is 1. The summed E-state index contributed by atoms with van der Waals surface area (Å²) in [7, 11) is 1.71. The molecule has 0 atom stereocenters. The zero-order valence-corrected chi connectivity index (χ0v) is 11.8. The van der Waals surface area contributed by atoms with Crippen LogP contribution in [-0.4, -0.2) is 23.4 Å². The summed E-state index contributed by atoms with van der Waals surface area (Å²) in [5.74, 6) is 0.911. The van der Waals surface area contributed by atoms with E-state index < -0.39 is 0 Å². The molecule has 0 aliphatic rings. The summed E-state index contributed by atoms with van der Waals surface area (Å²) in [6.07, 6.45) is 1.99. The van der Waals surface area contributed by atoms with Crippen molar-refractivity contribution in [3.8, 4) is 5.75 Å². The van der Waals surface area contributed by atoms with Crippen LogP contribution in [0.5, 0.6) is 5.75 Å². The van der Waals surface area contributed by atoms with Crippen LogP contribution in [0.4, 0.5) is 0 Å². The number of nitrogens with zero attached hydrogens (tertiary/aromatic N) is 2. The highest BCUT2D eigenvalue weighted by molar-refractivity contribution is 5.37. The van der Waals surface area contributed by atoms with Gasteiger partial charge in [-0.1, -0.05) is 13.0 Å². The number of methoxy groups -OCH3 is 1. The van der Waals surface area contributed by atoms with E-state index >= 15 is 0 Å². The van der Waals surface area contributed by atoms with E-state index in [-0.39, 0.29) is 0 Å². The molecule has 1 aromatic carbocycles. The average Bonchev–Trinajstić information content (AvgIpc) is 2.82. The van der Waals surface area contributed by atoms with Gasteiger partial charge in [0.2, 0.25) is 0 Å². The summed E-state index contributed by atoms with van der Waals surface area (Å²) < 4.78 is 7.36. The molecule has 0 saturated carbocycles. The minimum Gasteiger partial charge on any atom is -0.496 e. The molecule has 1 heterocycles. The van der Waals surface area contributed by atoms with Gasteiger partial charge in [-0.15, -0.1) is 0 Å². The van der Waals surface area contributed by atoms with Crippen LogP contribution in [0.3, 0.4) is 0 Å². The van der Waals surface area contributed by atoms with E-state index in [1.807, 2.05) is 29.9 Å². The quantitative estimate of drug-likeness (QED) is 0.865. The predicted molar refractivity (Wildman–Crippen MR) is 76.4 cm³/mol. The Labute approximate surface area is 114 Å². The summed E-state index contributed by atoms with van der Waals surface area (Å²) in [5, 5.41) is 7.75. The van der Waals surface area contributed by atoms with Gasteiger partial charge < -0.3 is 10.1 Å². The van der Waals surface area contributed by atoms with Gasteiger partial charge >= 0.3 is 0 Å². The number of nitrogens with one attached hydrogen (secondary N) is 1. The molecule has 2 rings (SSSR count). The lowest BCUT2D eigenvalue weighted by Gasteiger charge is -2.11. The molecule has 0 aliphatic heterocycles. The average molecular weight is 259 g/mol. The van der Waals surface area contributed by atoms with Crippen molar-refractivity contribution in [2.45, 2.75) is 26.9 Å². The molecular weight excluding hydrogens is 238 g/mol. The zero-order valence-electron chi connectivity index (χ0n) is 11.8. The summed E-state index contributed by atoms with van der Waals surface area (Å²) in [6.45, 7) is 6.69. The van der Waals surface area contributed by atoms with Crippen LogP contribution in [0.2, 0.25) is 0 Å². The minimum atomic E-state index is 0.733. The maximum Gasteiger partial charge on any atom is 0.123 e. The third kappa shape index (κ3) is 3.58. The van der Waals surface area contributed by atoms with Crippen molar-refractivity contribution in [2.24, 2.45) is 0 Å². The number of aryl methyl sites for hydroxylation is 1. The number of benzene rings is 1. The fourth-order valence-electron chi connectivity index (χ4n) is 2.06. The Bertz CT molecular complexity index is 534. The first-order chi connectivity index (χ1) is 9.22. The molecule has 0 radical (unpaired) electrons. The highest BCUT2D eigenvalue weighted by Crippen LogP contribution is 2.21. The molecule has 0 fully saturated rings. The van der Waals surface area contributed by atoms with Crippen LogP contribution in [0.25, 0.3) is 0 Å². The van der Waals surface area contributed by atoms with Gasteiger partial charge in [-0.2, -0.15) is 5.10 Å². The van der Waals surface area contributed by atoms with Gasteiger partial charge in [0.05, 0.1) is 19.3 Å². The third-order valence-corrected chi connectivity index (χ3v) is 3.03. The second-order valence-corrected chi connectivity index (χ2v) is 4.58. The topological polar surface area (TPSA) is 39.1 Å². The second kappa shape index (κ2) is 6.38. The molecule has 0 aliphatic carbocycles. The van der Waals surface area contributed by atoms with Gasteiger partial charge in [-0.05, 0) is 37.2 Å². The van der Waals surface area contributed by atoms with Crippen molar-refractivity contribution in [3.63, 3.8) is 0 Å². The van der Waals surface area contributed by atoms with Crippen molar-refractivity contribution in [3.05, 3.63) is 47.3 Å².